The molecule has 0 radical (unpaired) electrons. The molecule has 1 aromatic carbocycles. The normalized spacial score (nSPS) is 16.3. The lowest BCUT2D eigenvalue weighted by molar-refractivity contribution is 0.0936. The van der Waals surface area contributed by atoms with Crippen LogP contribution >= 0.6 is 0 Å². The van der Waals surface area contributed by atoms with E-state index in [1.54, 1.807) is 6.07 Å². The summed E-state index contributed by atoms with van der Waals surface area (Å²) >= 11 is 0. The summed E-state index contributed by atoms with van der Waals surface area (Å²) in [4.78, 5) is 14.5. The molecule has 134 valence electrons. The number of likely N-dealkylation sites (tertiary alicyclic amines) is 1. The number of aromatic nitrogens is 1. The van der Waals surface area contributed by atoms with Gasteiger partial charge in [0.1, 0.15) is 5.76 Å². The average molecular weight is 341 g/mol. The molecule has 5 heteroatoms. The lowest BCUT2D eigenvalue weighted by atomic mass is 9.89. The van der Waals surface area contributed by atoms with Gasteiger partial charge in [0.2, 0.25) is 0 Å². The number of carbonyl (C=O) groups excluding carboxylic acids is 1. The Morgan fingerprint density at radius 2 is 2.00 bits per heavy atom. The molecule has 0 aliphatic carbocycles. The zero-order valence-electron chi connectivity index (χ0n) is 15.1. The van der Waals surface area contributed by atoms with E-state index in [4.69, 9.17) is 4.52 Å². The first kappa shape index (κ1) is 17.7. The van der Waals surface area contributed by atoms with Gasteiger partial charge in [-0.05, 0) is 37.4 Å². The third-order valence-corrected chi connectivity index (χ3v) is 4.90. The van der Waals surface area contributed by atoms with Crippen molar-refractivity contribution in [1.29, 1.82) is 0 Å². The third-order valence-electron chi connectivity index (χ3n) is 4.90. The first-order valence-electron chi connectivity index (χ1n) is 9.15. The van der Waals surface area contributed by atoms with Crippen LogP contribution in [-0.4, -0.2) is 42.1 Å². The molecule has 1 aromatic heterocycles. The molecule has 0 saturated carbocycles. The first-order chi connectivity index (χ1) is 12.1. The van der Waals surface area contributed by atoms with Gasteiger partial charge < -0.3 is 14.7 Å². The summed E-state index contributed by atoms with van der Waals surface area (Å²) in [6.07, 6.45) is 2.36. The van der Waals surface area contributed by atoms with E-state index in [1.807, 2.05) is 13.8 Å². The molecule has 0 bridgehead atoms. The molecule has 1 amide bonds. The molecule has 5 nitrogen and oxygen atoms in total. The lowest BCUT2D eigenvalue weighted by Gasteiger charge is -2.32. The Bertz CT molecular complexity index is 673. The van der Waals surface area contributed by atoms with Crippen LogP contribution in [0.25, 0.3) is 0 Å². The molecule has 1 fully saturated rings. The largest absolute Gasteiger partial charge is 0.360 e. The second kappa shape index (κ2) is 8.30. The van der Waals surface area contributed by atoms with Gasteiger partial charge in [0.15, 0.2) is 5.69 Å². The maximum atomic E-state index is 12.1. The molecular weight excluding hydrogens is 314 g/mol. The van der Waals surface area contributed by atoms with E-state index in [9.17, 15) is 4.79 Å². The molecule has 0 atom stereocenters. The fraction of sp³-hybridized carbons (Fsp3) is 0.500. The zero-order valence-corrected chi connectivity index (χ0v) is 15.1. The standard InChI is InChI=1S/C20H27N3O2/c1-15(2)19-14-18(22-25-19)20(24)21-10-13-23-11-8-17(9-12-23)16-6-4-3-5-7-16/h3-7,14-15,17H,8-13H2,1-2H3,(H,21,24). The highest BCUT2D eigenvalue weighted by Crippen LogP contribution is 2.27. The van der Waals surface area contributed by atoms with Gasteiger partial charge in [0, 0.05) is 25.1 Å². The van der Waals surface area contributed by atoms with Gasteiger partial charge in [-0.25, -0.2) is 0 Å². The van der Waals surface area contributed by atoms with Crippen molar-refractivity contribution in [3.8, 4) is 0 Å². The number of piperidine rings is 1. The highest BCUT2D eigenvalue weighted by molar-refractivity contribution is 5.92. The number of nitrogens with one attached hydrogen (secondary N) is 1. The SMILES string of the molecule is CC(C)c1cc(C(=O)NCCN2CCC(c3ccccc3)CC2)no1. The van der Waals surface area contributed by atoms with Gasteiger partial charge in [-0.15, -0.1) is 0 Å². The predicted octanol–water partition coefficient (Wildman–Crippen LogP) is 3.41. The Balaban J connectivity index is 1.39. The Kier molecular flexibility index (Phi) is 5.87. The second-order valence-electron chi connectivity index (χ2n) is 7.05. The molecule has 2 aromatic rings. The minimum atomic E-state index is -0.158. The van der Waals surface area contributed by atoms with Crippen LogP contribution < -0.4 is 5.32 Å². The number of hydrogen-bond acceptors (Lipinski definition) is 4. The van der Waals surface area contributed by atoms with Crippen LogP contribution in [0.1, 0.15) is 60.3 Å². The van der Waals surface area contributed by atoms with Crippen molar-refractivity contribution >= 4 is 5.91 Å². The fourth-order valence-electron chi connectivity index (χ4n) is 3.30. The zero-order chi connectivity index (χ0) is 17.6. The fourth-order valence-corrected chi connectivity index (χ4v) is 3.30. The third kappa shape index (κ3) is 4.69. The van der Waals surface area contributed by atoms with Crippen molar-refractivity contribution in [2.45, 2.75) is 38.5 Å². The number of nitrogens with zero attached hydrogens (tertiary/aromatic N) is 2. The molecule has 1 aliphatic heterocycles. The van der Waals surface area contributed by atoms with Gasteiger partial charge in [-0.3, -0.25) is 4.79 Å². The Labute approximate surface area is 149 Å². The molecule has 25 heavy (non-hydrogen) atoms. The summed E-state index contributed by atoms with van der Waals surface area (Å²) in [5.41, 5.74) is 1.81. The van der Waals surface area contributed by atoms with E-state index in [2.05, 4.69) is 45.7 Å². The highest BCUT2D eigenvalue weighted by atomic mass is 16.5. The van der Waals surface area contributed by atoms with E-state index in [0.717, 1.165) is 25.4 Å². The maximum Gasteiger partial charge on any atom is 0.273 e. The molecule has 2 heterocycles. The Morgan fingerprint density at radius 1 is 1.28 bits per heavy atom. The van der Waals surface area contributed by atoms with Crippen molar-refractivity contribution in [3.05, 3.63) is 53.4 Å². The topological polar surface area (TPSA) is 58.4 Å². The van der Waals surface area contributed by atoms with Crippen molar-refractivity contribution in [2.75, 3.05) is 26.2 Å². The minimum absolute atomic E-state index is 0.158. The van der Waals surface area contributed by atoms with Gasteiger partial charge in [-0.2, -0.15) is 0 Å². The minimum Gasteiger partial charge on any atom is -0.360 e. The molecule has 1 saturated heterocycles. The smallest absolute Gasteiger partial charge is 0.273 e. The summed E-state index contributed by atoms with van der Waals surface area (Å²) in [7, 11) is 0. The monoisotopic (exact) mass is 341 g/mol. The molecule has 1 aliphatic rings. The Morgan fingerprint density at radius 3 is 2.64 bits per heavy atom. The maximum absolute atomic E-state index is 12.1. The average Bonchev–Trinajstić information content (AvgIpc) is 3.14. The highest BCUT2D eigenvalue weighted by Gasteiger charge is 2.20. The van der Waals surface area contributed by atoms with E-state index >= 15 is 0 Å². The van der Waals surface area contributed by atoms with Crippen molar-refractivity contribution < 1.29 is 9.32 Å². The van der Waals surface area contributed by atoms with Crippen LogP contribution in [0.4, 0.5) is 0 Å². The van der Waals surface area contributed by atoms with Gasteiger partial charge in [0.05, 0.1) is 0 Å². The molecular formula is C20H27N3O2. The summed E-state index contributed by atoms with van der Waals surface area (Å²) in [5.74, 6) is 1.49. The first-order valence-corrected chi connectivity index (χ1v) is 9.15. The van der Waals surface area contributed by atoms with Gasteiger partial charge in [-0.1, -0.05) is 49.3 Å². The van der Waals surface area contributed by atoms with Gasteiger partial charge >= 0.3 is 0 Å². The number of amides is 1. The number of hydrogen-bond donors (Lipinski definition) is 1. The van der Waals surface area contributed by atoms with E-state index in [0.29, 0.717) is 18.2 Å². The summed E-state index contributed by atoms with van der Waals surface area (Å²) in [6, 6.07) is 12.5. The van der Waals surface area contributed by atoms with Crippen LogP contribution in [-0.2, 0) is 0 Å². The van der Waals surface area contributed by atoms with Crippen molar-refractivity contribution in [2.24, 2.45) is 0 Å². The summed E-state index contributed by atoms with van der Waals surface area (Å²) < 4.78 is 5.18. The van der Waals surface area contributed by atoms with Crippen LogP contribution in [0, 0.1) is 0 Å². The van der Waals surface area contributed by atoms with E-state index in [1.165, 1.54) is 18.4 Å². The number of rotatable bonds is 6. The van der Waals surface area contributed by atoms with E-state index in [-0.39, 0.29) is 11.8 Å². The van der Waals surface area contributed by atoms with Crippen molar-refractivity contribution in [3.63, 3.8) is 0 Å². The van der Waals surface area contributed by atoms with E-state index < -0.39 is 0 Å². The molecule has 3 rings (SSSR count). The Hall–Kier alpha value is -2.14. The predicted molar refractivity (Wildman–Crippen MR) is 97.8 cm³/mol. The molecule has 0 unspecified atom stereocenters. The molecule has 1 N–H and O–H groups in total. The quantitative estimate of drug-likeness (QED) is 0.875. The summed E-state index contributed by atoms with van der Waals surface area (Å²) in [5, 5.41) is 6.78. The van der Waals surface area contributed by atoms with Crippen LogP contribution in [0.5, 0.6) is 0 Å². The number of benzene rings is 1. The second-order valence-corrected chi connectivity index (χ2v) is 7.05. The van der Waals surface area contributed by atoms with Crippen LogP contribution in [0.15, 0.2) is 40.9 Å². The van der Waals surface area contributed by atoms with Crippen LogP contribution in [0.2, 0.25) is 0 Å². The lowest BCUT2D eigenvalue weighted by Crippen LogP contribution is -2.39. The van der Waals surface area contributed by atoms with Crippen LogP contribution in [0.3, 0.4) is 0 Å². The van der Waals surface area contributed by atoms with Gasteiger partial charge in [0.25, 0.3) is 5.91 Å². The summed E-state index contributed by atoms with van der Waals surface area (Å²) in [6.45, 7) is 7.71. The van der Waals surface area contributed by atoms with Crippen molar-refractivity contribution in [1.82, 2.24) is 15.4 Å². The molecule has 0 spiro atoms. The number of carbonyl (C=O) groups is 1.